The molecule has 0 atom stereocenters. The molecule has 0 aromatic rings. The number of urea groups is 1. The Morgan fingerprint density at radius 1 is 1.69 bits per heavy atom. The third-order valence-electron chi connectivity index (χ3n) is 2.69. The minimum atomic E-state index is 0.0269. The molecular weight excluding hydrogens is 224 g/mol. The zero-order chi connectivity index (χ0) is 12.1. The maximum absolute atomic E-state index is 11.3. The molecule has 0 bridgehead atoms. The van der Waals surface area contributed by atoms with Crippen LogP contribution in [0.15, 0.2) is 0 Å². The van der Waals surface area contributed by atoms with Crippen LogP contribution in [-0.4, -0.2) is 59.6 Å². The number of rotatable bonds is 6. The van der Waals surface area contributed by atoms with Crippen molar-refractivity contribution in [3.8, 4) is 0 Å². The molecule has 0 aliphatic carbocycles. The summed E-state index contributed by atoms with van der Waals surface area (Å²) in [4.78, 5) is 15.8. The Kier molecular flexibility index (Phi) is 4.95. The van der Waals surface area contributed by atoms with Crippen molar-refractivity contribution in [1.29, 1.82) is 0 Å². The van der Waals surface area contributed by atoms with Gasteiger partial charge in [-0.15, -0.1) is 0 Å². The third-order valence-corrected chi connectivity index (χ3v) is 2.82. The Morgan fingerprint density at radius 2 is 2.38 bits per heavy atom. The van der Waals surface area contributed by atoms with Crippen molar-refractivity contribution < 1.29 is 4.79 Å². The Balaban J connectivity index is 2.37. The zero-order valence-electron chi connectivity index (χ0n) is 9.90. The number of carbonyl (C=O) groups is 1. The van der Waals surface area contributed by atoms with Crippen LogP contribution in [0.1, 0.15) is 13.8 Å². The highest BCUT2D eigenvalue weighted by atomic mass is 32.1. The average Bonchev–Trinajstić information content (AvgIpc) is 2.57. The Labute approximate surface area is 102 Å². The van der Waals surface area contributed by atoms with Gasteiger partial charge in [0.1, 0.15) is 0 Å². The second kappa shape index (κ2) is 6.00. The summed E-state index contributed by atoms with van der Waals surface area (Å²) in [6.07, 6.45) is 0. The summed E-state index contributed by atoms with van der Waals surface area (Å²) in [5, 5.41) is 2.78. The van der Waals surface area contributed by atoms with E-state index in [4.69, 9.17) is 18.0 Å². The quantitative estimate of drug-likeness (QED) is 0.646. The molecule has 1 heterocycles. The second-order valence-electron chi connectivity index (χ2n) is 4.25. The monoisotopic (exact) mass is 244 g/mol. The lowest BCUT2D eigenvalue weighted by atomic mass is 10.3. The van der Waals surface area contributed by atoms with Crippen molar-refractivity contribution in [3.05, 3.63) is 0 Å². The third kappa shape index (κ3) is 3.94. The van der Waals surface area contributed by atoms with Crippen LogP contribution in [0.5, 0.6) is 0 Å². The van der Waals surface area contributed by atoms with E-state index >= 15 is 0 Å². The van der Waals surface area contributed by atoms with Crippen LogP contribution in [0.25, 0.3) is 0 Å². The fourth-order valence-electron chi connectivity index (χ4n) is 1.69. The van der Waals surface area contributed by atoms with Gasteiger partial charge in [-0.3, -0.25) is 4.90 Å². The minimum absolute atomic E-state index is 0.0269. The Bertz CT molecular complexity index is 270. The Hall–Kier alpha value is -0.880. The first-order valence-electron chi connectivity index (χ1n) is 5.56. The molecule has 1 saturated heterocycles. The van der Waals surface area contributed by atoms with Gasteiger partial charge in [0.25, 0.3) is 0 Å². The number of hydrogen-bond acceptors (Lipinski definition) is 3. The molecule has 1 fully saturated rings. The van der Waals surface area contributed by atoms with Crippen molar-refractivity contribution in [1.82, 2.24) is 15.1 Å². The highest BCUT2D eigenvalue weighted by molar-refractivity contribution is 7.80. The molecule has 0 radical (unpaired) electrons. The van der Waals surface area contributed by atoms with Gasteiger partial charge in [0.2, 0.25) is 0 Å². The molecule has 16 heavy (non-hydrogen) atoms. The number of nitrogens with one attached hydrogen (secondary N) is 1. The van der Waals surface area contributed by atoms with E-state index in [-0.39, 0.29) is 6.03 Å². The maximum Gasteiger partial charge on any atom is 0.317 e. The van der Waals surface area contributed by atoms with Gasteiger partial charge < -0.3 is 16.0 Å². The highest BCUT2D eigenvalue weighted by Crippen LogP contribution is 2.01. The lowest BCUT2D eigenvalue weighted by molar-refractivity contribution is 0.195. The predicted molar refractivity (Wildman–Crippen MR) is 68.5 cm³/mol. The first kappa shape index (κ1) is 13.2. The van der Waals surface area contributed by atoms with Crippen molar-refractivity contribution in [2.75, 3.05) is 32.7 Å². The largest absolute Gasteiger partial charge is 0.392 e. The van der Waals surface area contributed by atoms with Gasteiger partial charge in [-0.05, 0) is 13.8 Å². The van der Waals surface area contributed by atoms with Gasteiger partial charge in [-0.25, -0.2) is 4.79 Å². The van der Waals surface area contributed by atoms with Crippen LogP contribution in [0.4, 0.5) is 4.79 Å². The first-order valence-corrected chi connectivity index (χ1v) is 5.96. The zero-order valence-corrected chi connectivity index (χ0v) is 10.7. The summed E-state index contributed by atoms with van der Waals surface area (Å²) in [7, 11) is 0. The van der Waals surface area contributed by atoms with Crippen LogP contribution in [0, 0.1) is 0 Å². The van der Waals surface area contributed by atoms with Crippen molar-refractivity contribution in [2.45, 2.75) is 19.9 Å². The molecule has 3 N–H and O–H groups in total. The molecule has 2 amide bonds. The number of thiocarbonyl (C=S) groups is 1. The summed E-state index contributed by atoms with van der Waals surface area (Å²) in [6.45, 7) is 7.88. The molecule has 0 aromatic heterocycles. The number of carbonyl (C=O) groups excluding carboxylic acids is 1. The van der Waals surface area contributed by atoms with E-state index < -0.39 is 0 Å². The lowest BCUT2D eigenvalue weighted by Crippen LogP contribution is -2.43. The molecule has 1 rings (SSSR count). The van der Waals surface area contributed by atoms with E-state index in [9.17, 15) is 4.79 Å². The smallest absolute Gasteiger partial charge is 0.317 e. The highest BCUT2D eigenvalue weighted by Gasteiger charge is 2.20. The molecule has 1 aliphatic rings. The van der Waals surface area contributed by atoms with Crippen LogP contribution >= 0.6 is 12.2 Å². The van der Waals surface area contributed by atoms with Crippen LogP contribution < -0.4 is 11.1 Å². The molecule has 0 spiro atoms. The summed E-state index contributed by atoms with van der Waals surface area (Å²) < 4.78 is 0. The van der Waals surface area contributed by atoms with E-state index in [0.29, 0.717) is 17.6 Å². The number of hydrogen-bond donors (Lipinski definition) is 2. The molecular formula is C10H20N4OS. The van der Waals surface area contributed by atoms with E-state index in [1.807, 2.05) is 4.90 Å². The molecule has 92 valence electrons. The van der Waals surface area contributed by atoms with Crippen LogP contribution in [-0.2, 0) is 0 Å². The number of nitrogens with two attached hydrogens (primary N) is 1. The van der Waals surface area contributed by atoms with Gasteiger partial charge in [-0.1, -0.05) is 12.2 Å². The van der Waals surface area contributed by atoms with Gasteiger partial charge in [0, 0.05) is 38.8 Å². The van der Waals surface area contributed by atoms with E-state index in [0.717, 1.165) is 26.2 Å². The van der Waals surface area contributed by atoms with Crippen LogP contribution in [0.3, 0.4) is 0 Å². The van der Waals surface area contributed by atoms with Crippen LogP contribution in [0.2, 0.25) is 0 Å². The summed E-state index contributed by atoms with van der Waals surface area (Å²) in [5.74, 6) is 0. The fraction of sp³-hybridized carbons (Fsp3) is 0.800. The van der Waals surface area contributed by atoms with E-state index in [1.54, 1.807) is 0 Å². The molecule has 0 unspecified atom stereocenters. The molecule has 6 heteroatoms. The average molecular weight is 244 g/mol. The minimum Gasteiger partial charge on any atom is -0.392 e. The predicted octanol–water partition coefficient (Wildman–Crippen LogP) is 0.00810. The second-order valence-corrected chi connectivity index (χ2v) is 4.77. The topological polar surface area (TPSA) is 61.6 Å². The molecule has 0 saturated carbocycles. The van der Waals surface area contributed by atoms with E-state index in [2.05, 4.69) is 24.1 Å². The maximum atomic E-state index is 11.3. The van der Waals surface area contributed by atoms with Gasteiger partial charge >= 0.3 is 6.03 Å². The summed E-state index contributed by atoms with van der Waals surface area (Å²) >= 11 is 4.91. The van der Waals surface area contributed by atoms with Crippen molar-refractivity contribution in [2.24, 2.45) is 5.73 Å². The fourth-order valence-corrected chi connectivity index (χ4v) is 1.86. The summed E-state index contributed by atoms with van der Waals surface area (Å²) in [6, 6.07) is 0.409. The van der Waals surface area contributed by atoms with Crippen molar-refractivity contribution in [3.63, 3.8) is 0 Å². The number of nitrogens with zero attached hydrogens (tertiary/aromatic N) is 2. The Morgan fingerprint density at radius 3 is 2.81 bits per heavy atom. The van der Waals surface area contributed by atoms with E-state index in [1.165, 1.54) is 0 Å². The molecule has 0 aromatic carbocycles. The normalized spacial score (nSPS) is 16.0. The SMILES string of the molecule is CC(C)N(CCN1CCNC1=O)CC(N)=S. The lowest BCUT2D eigenvalue weighted by Gasteiger charge is -2.27. The van der Waals surface area contributed by atoms with Gasteiger partial charge in [-0.2, -0.15) is 0 Å². The first-order chi connectivity index (χ1) is 7.50. The van der Waals surface area contributed by atoms with Gasteiger partial charge in [0.15, 0.2) is 0 Å². The van der Waals surface area contributed by atoms with Gasteiger partial charge in [0.05, 0.1) is 4.99 Å². The number of amides is 2. The standard InChI is InChI=1S/C10H20N4OS/c1-8(2)14(7-9(11)16)6-5-13-4-3-12-10(13)15/h8H,3-7H2,1-2H3,(H2,11,16)(H,12,15). The molecule has 5 nitrogen and oxygen atoms in total. The van der Waals surface area contributed by atoms with Crippen molar-refractivity contribution >= 4 is 23.2 Å². The summed E-state index contributed by atoms with van der Waals surface area (Å²) in [5.41, 5.74) is 5.54. The molecule has 1 aliphatic heterocycles.